The van der Waals surface area contributed by atoms with Crippen molar-refractivity contribution in [2.24, 2.45) is 0 Å². The lowest BCUT2D eigenvalue weighted by atomic mass is 9.94. The molecule has 3 N–H and O–H groups in total. The summed E-state index contributed by atoms with van der Waals surface area (Å²) in [7, 11) is -3.80. The Morgan fingerprint density at radius 2 is 2.06 bits per heavy atom. The van der Waals surface area contributed by atoms with Gasteiger partial charge in [-0.05, 0) is 37.5 Å². The van der Waals surface area contributed by atoms with E-state index in [9.17, 15) is 12.8 Å². The Hall–Kier alpha value is -1.14. The van der Waals surface area contributed by atoms with Gasteiger partial charge in [0.1, 0.15) is 10.7 Å². The van der Waals surface area contributed by atoms with Crippen LogP contribution in [0.1, 0.15) is 24.8 Å². The summed E-state index contributed by atoms with van der Waals surface area (Å²) >= 11 is 0. The number of nitrogens with one attached hydrogen (secondary N) is 1. The number of aryl methyl sites for hydroxylation is 1. The fourth-order valence-corrected chi connectivity index (χ4v) is 3.26. The molecule has 1 aromatic rings. The van der Waals surface area contributed by atoms with Gasteiger partial charge in [-0.15, -0.1) is 0 Å². The number of halogens is 1. The van der Waals surface area contributed by atoms with Crippen molar-refractivity contribution in [2.45, 2.75) is 37.1 Å². The molecule has 0 atom stereocenters. The fourth-order valence-electron chi connectivity index (χ4n) is 1.77. The van der Waals surface area contributed by atoms with Crippen LogP contribution in [0, 0.1) is 12.7 Å². The summed E-state index contributed by atoms with van der Waals surface area (Å²) in [6.45, 7) is 1.49. The molecule has 1 aliphatic carbocycles. The Bertz CT molecular complexity index is 539. The van der Waals surface area contributed by atoms with E-state index in [4.69, 9.17) is 5.73 Å². The second-order valence-corrected chi connectivity index (χ2v) is 6.08. The van der Waals surface area contributed by atoms with Crippen molar-refractivity contribution >= 4 is 15.7 Å². The molecule has 0 amide bonds. The second kappa shape index (κ2) is 4.27. The molecule has 0 heterocycles. The van der Waals surface area contributed by atoms with E-state index in [0.717, 1.165) is 25.3 Å². The SMILES string of the molecule is Cc1cc(N)cc(S(=O)(=O)NC2CCC2)c1F. The third-order valence-electron chi connectivity index (χ3n) is 2.96. The van der Waals surface area contributed by atoms with Gasteiger partial charge >= 0.3 is 0 Å². The fraction of sp³-hybridized carbons (Fsp3) is 0.455. The second-order valence-electron chi connectivity index (χ2n) is 4.40. The number of nitrogens with two attached hydrogens (primary N) is 1. The number of sulfonamides is 1. The first kappa shape index (κ1) is 12.3. The molecule has 6 heteroatoms. The van der Waals surface area contributed by atoms with Crippen molar-refractivity contribution in [2.75, 3.05) is 5.73 Å². The van der Waals surface area contributed by atoms with Crippen LogP contribution >= 0.6 is 0 Å². The van der Waals surface area contributed by atoms with Crippen LogP contribution < -0.4 is 10.5 Å². The van der Waals surface area contributed by atoms with Gasteiger partial charge in [-0.2, -0.15) is 0 Å². The van der Waals surface area contributed by atoms with E-state index in [-0.39, 0.29) is 22.2 Å². The van der Waals surface area contributed by atoms with Gasteiger partial charge in [0, 0.05) is 11.7 Å². The quantitative estimate of drug-likeness (QED) is 0.808. The summed E-state index contributed by atoms with van der Waals surface area (Å²) in [6, 6.07) is 2.50. The molecule has 0 unspecified atom stereocenters. The lowest BCUT2D eigenvalue weighted by Crippen LogP contribution is -2.39. The van der Waals surface area contributed by atoms with Gasteiger partial charge in [0.25, 0.3) is 0 Å². The van der Waals surface area contributed by atoms with E-state index in [2.05, 4.69) is 4.72 Å². The molecule has 17 heavy (non-hydrogen) atoms. The lowest BCUT2D eigenvalue weighted by molar-refractivity contribution is 0.382. The molecule has 0 saturated heterocycles. The van der Waals surface area contributed by atoms with E-state index in [1.807, 2.05) is 0 Å². The minimum absolute atomic E-state index is 0.0684. The first-order valence-corrected chi connectivity index (χ1v) is 6.96. The third-order valence-corrected chi connectivity index (χ3v) is 4.48. The van der Waals surface area contributed by atoms with E-state index >= 15 is 0 Å². The van der Waals surface area contributed by atoms with Crippen molar-refractivity contribution in [1.82, 2.24) is 4.72 Å². The Balaban J connectivity index is 2.38. The molecule has 1 fully saturated rings. The van der Waals surface area contributed by atoms with E-state index in [1.54, 1.807) is 0 Å². The molecule has 94 valence electrons. The van der Waals surface area contributed by atoms with Crippen molar-refractivity contribution < 1.29 is 12.8 Å². The zero-order valence-corrected chi connectivity index (χ0v) is 10.3. The van der Waals surface area contributed by atoms with Crippen LogP contribution in [0.5, 0.6) is 0 Å². The maximum atomic E-state index is 13.8. The first-order valence-electron chi connectivity index (χ1n) is 5.48. The maximum absolute atomic E-state index is 13.8. The standard InChI is InChI=1S/C11H15FN2O2S/c1-7-5-8(13)6-10(11(7)12)17(15,16)14-9-3-2-4-9/h5-6,9,14H,2-4,13H2,1H3. The highest BCUT2D eigenvalue weighted by Crippen LogP contribution is 2.25. The summed E-state index contributed by atoms with van der Waals surface area (Å²) < 4.78 is 40.2. The summed E-state index contributed by atoms with van der Waals surface area (Å²) in [5.41, 5.74) is 6.03. The largest absolute Gasteiger partial charge is 0.399 e. The summed E-state index contributed by atoms with van der Waals surface area (Å²) in [5.74, 6) is -0.731. The molecule has 0 aliphatic heterocycles. The molecule has 2 rings (SSSR count). The van der Waals surface area contributed by atoms with Gasteiger partial charge in [0.05, 0.1) is 0 Å². The van der Waals surface area contributed by atoms with Crippen molar-refractivity contribution in [1.29, 1.82) is 0 Å². The third kappa shape index (κ3) is 2.42. The van der Waals surface area contributed by atoms with Crippen LogP contribution in [0.3, 0.4) is 0 Å². The molecule has 0 bridgehead atoms. The average Bonchev–Trinajstić information content (AvgIpc) is 2.17. The number of benzene rings is 1. The van der Waals surface area contributed by atoms with Crippen molar-refractivity contribution in [3.05, 3.63) is 23.5 Å². The summed E-state index contributed by atoms with van der Waals surface area (Å²) in [5, 5.41) is 0. The predicted molar refractivity (Wildman–Crippen MR) is 63.5 cm³/mol. The van der Waals surface area contributed by atoms with Crippen LogP contribution in [-0.2, 0) is 10.0 Å². The average molecular weight is 258 g/mol. The minimum Gasteiger partial charge on any atom is -0.399 e. The number of anilines is 1. The monoisotopic (exact) mass is 258 g/mol. The Kier molecular flexibility index (Phi) is 3.09. The summed E-state index contributed by atoms with van der Waals surface area (Å²) in [6.07, 6.45) is 2.62. The van der Waals surface area contributed by atoms with Crippen LogP contribution in [0.25, 0.3) is 0 Å². The lowest BCUT2D eigenvalue weighted by Gasteiger charge is -2.26. The Labute approximate surface area is 100 Å². The van der Waals surface area contributed by atoms with Crippen molar-refractivity contribution in [3.63, 3.8) is 0 Å². The molecule has 4 nitrogen and oxygen atoms in total. The molecular formula is C11H15FN2O2S. The van der Waals surface area contributed by atoms with Gasteiger partial charge < -0.3 is 5.73 Å². The maximum Gasteiger partial charge on any atom is 0.243 e. The molecule has 0 aromatic heterocycles. The van der Waals surface area contributed by atoms with E-state index in [1.165, 1.54) is 13.0 Å². The topological polar surface area (TPSA) is 72.2 Å². The normalized spacial score (nSPS) is 16.8. The Morgan fingerprint density at radius 1 is 1.41 bits per heavy atom. The molecule has 1 aromatic carbocycles. The number of rotatable bonds is 3. The van der Waals surface area contributed by atoms with Crippen LogP contribution in [0.15, 0.2) is 17.0 Å². The van der Waals surface area contributed by atoms with Gasteiger partial charge in [-0.1, -0.05) is 6.42 Å². The molecule has 0 radical (unpaired) electrons. The summed E-state index contributed by atoms with van der Waals surface area (Å²) in [4.78, 5) is -0.359. The smallest absolute Gasteiger partial charge is 0.243 e. The Morgan fingerprint density at radius 3 is 2.59 bits per heavy atom. The number of hydrogen-bond donors (Lipinski definition) is 2. The minimum atomic E-state index is -3.80. The highest BCUT2D eigenvalue weighted by atomic mass is 32.2. The number of hydrogen-bond acceptors (Lipinski definition) is 3. The highest BCUT2D eigenvalue weighted by Gasteiger charge is 2.27. The molecule has 1 saturated carbocycles. The van der Waals surface area contributed by atoms with Gasteiger partial charge in [0.15, 0.2) is 0 Å². The van der Waals surface area contributed by atoms with Gasteiger partial charge in [-0.3, -0.25) is 0 Å². The molecular weight excluding hydrogens is 243 g/mol. The number of nitrogen functional groups attached to an aromatic ring is 1. The first-order chi connectivity index (χ1) is 7.90. The van der Waals surface area contributed by atoms with Gasteiger partial charge in [-0.25, -0.2) is 17.5 Å². The predicted octanol–water partition coefficient (Wildman–Crippen LogP) is 1.55. The molecule has 1 aliphatic rings. The van der Waals surface area contributed by atoms with E-state index < -0.39 is 15.8 Å². The van der Waals surface area contributed by atoms with Gasteiger partial charge in [0.2, 0.25) is 10.0 Å². The van der Waals surface area contributed by atoms with Crippen LogP contribution in [0.2, 0.25) is 0 Å². The van der Waals surface area contributed by atoms with Crippen molar-refractivity contribution in [3.8, 4) is 0 Å². The molecule has 0 spiro atoms. The highest BCUT2D eigenvalue weighted by molar-refractivity contribution is 7.89. The zero-order chi connectivity index (χ0) is 12.6. The van der Waals surface area contributed by atoms with Crippen LogP contribution in [0.4, 0.5) is 10.1 Å². The zero-order valence-electron chi connectivity index (χ0n) is 9.53. The van der Waals surface area contributed by atoms with Crippen LogP contribution in [-0.4, -0.2) is 14.5 Å². The van der Waals surface area contributed by atoms with E-state index in [0.29, 0.717) is 0 Å².